The van der Waals surface area contributed by atoms with E-state index < -0.39 is 12.6 Å². The summed E-state index contributed by atoms with van der Waals surface area (Å²) in [6.45, 7) is 1.18. The van der Waals surface area contributed by atoms with Gasteiger partial charge in [-0.15, -0.1) is 0 Å². The molecule has 0 N–H and O–H groups in total. The number of alkyl halides is 3. The van der Waals surface area contributed by atoms with Gasteiger partial charge in [-0.3, -0.25) is 0 Å². The standard InChI is InChI=1S/C8H8F3IN2O/c9-8(10,11)4-5-6(12)7-14(13-5)2-1-3-15-7/h1-4H2. The van der Waals surface area contributed by atoms with E-state index in [1.165, 1.54) is 4.68 Å². The molecule has 1 aromatic rings. The molecule has 3 nitrogen and oxygen atoms in total. The number of hydrogen-bond donors (Lipinski definition) is 0. The third-order valence-corrected chi connectivity index (χ3v) is 3.12. The highest BCUT2D eigenvalue weighted by atomic mass is 127. The summed E-state index contributed by atoms with van der Waals surface area (Å²) in [5.74, 6) is 0.473. The van der Waals surface area contributed by atoms with Crippen LogP contribution in [-0.4, -0.2) is 22.6 Å². The van der Waals surface area contributed by atoms with Gasteiger partial charge in [0.1, 0.15) is 0 Å². The van der Waals surface area contributed by atoms with Gasteiger partial charge in [0.05, 0.1) is 22.3 Å². The van der Waals surface area contributed by atoms with E-state index in [0.717, 1.165) is 6.42 Å². The maximum atomic E-state index is 12.2. The van der Waals surface area contributed by atoms with Crippen molar-refractivity contribution < 1.29 is 17.9 Å². The van der Waals surface area contributed by atoms with Crippen LogP contribution in [0.3, 0.4) is 0 Å². The smallest absolute Gasteiger partial charge is 0.394 e. The van der Waals surface area contributed by atoms with Gasteiger partial charge in [-0.1, -0.05) is 0 Å². The molecule has 0 spiro atoms. The van der Waals surface area contributed by atoms with Gasteiger partial charge in [0.25, 0.3) is 0 Å². The van der Waals surface area contributed by atoms with Gasteiger partial charge in [-0.2, -0.15) is 18.3 Å². The quantitative estimate of drug-likeness (QED) is 0.739. The predicted octanol–water partition coefficient (Wildman–Crippen LogP) is 2.38. The molecule has 0 amide bonds. The van der Waals surface area contributed by atoms with Crippen molar-refractivity contribution in [3.63, 3.8) is 0 Å². The van der Waals surface area contributed by atoms with Crippen LogP contribution >= 0.6 is 22.6 Å². The van der Waals surface area contributed by atoms with E-state index in [9.17, 15) is 13.2 Å². The van der Waals surface area contributed by atoms with E-state index in [-0.39, 0.29) is 5.69 Å². The molecule has 0 atom stereocenters. The lowest BCUT2D eigenvalue weighted by molar-refractivity contribution is -0.128. The number of rotatable bonds is 1. The molecule has 0 fully saturated rings. The van der Waals surface area contributed by atoms with E-state index >= 15 is 0 Å². The summed E-state index contributed by atoms with van der Waals surface area (Å²) >= 11 is 1.85. The average Bonchev–Trinajstić information content (AvgIpc) is 2.42. The Kier molecular flexibility index (Phi) is 2.82. The minimum Gasteiger partial charge on any atom is -0.477 e. The Morgan fingerprint density at radius 2 is 2.20 bits per heavy atom. The van der Waals surface area contributed by atoms with Crippen LogP contribution in [0.2, 0.25) is 0 Å². The second-order valence-electron chi connectivity index (χ2n) is 3.28. The molecule has 0 aliphatic carbocycles. The van der Waals surface area contributed by atoms with Crippen LogP contribution in [-0.2, 0) is 13.0 Å². The minimum atomic E-state index is -4.22. The summed E-state index contributed by atoms with van der Waals surface area (Å²) in [4.78, 5) is 0. The van der Waals surface area contributed by atoms with Crippen molar-refractivity contribution in [1.29, 1.82) is 0 Å². The molecule has 2 rings (SSSR count). The molecule has 0 bridgehead atoms. The number of hydrogen-bond acceptors (Lipinski definition) is 2. The monoisotopic (exact) mass is 332 g/mol. The topological polar surface area (TPSA) is 27.1 Å². The lowest BCUT2D eigenvalue weighted by Gasteiger charge is -2.14. The second-order valence-corrected chi connectivity index (χ2v) is 4.36. The largest absolute Gasteiger partial charge is 0.477 e. The van der Waals surface area contributed by atoms with Crippen LogP contribution in [0, 0.1) is 3.57 Å². The first kappa shape index (κ1) is 11.0. The zero-order valence-electron chi connectivity index (χ0n) is 7.64. The van der Waals surface area contributed by atoms with Crippen molar-refractivity contribution in [3.05, 3.63) is 9.26 Å². The van der Waals surface area contributed by atoms with Gasteiger partial charge < -0.3 is 4.74 Å². The van der Waals surface area contributed by atoms with E-state index in [4.69, 9.17) is 4.74 Å². The van der Waals surface area contributed by atoms with Crippen LogP contribution < -0.4 is 4.74 Å². The fourth-order valence-electron chi connectivity index (χ4n) is 1.45. The van der Waals surface area contributed by atoms with Gasteiger partial charge in [-0.25, -0.2) is 4.68 Å². The van der Waals surface area contributed by atoms with Crippen molar-refractivity contribution in [3.8, 4) is 5.88 Å². The summed E-state index contributed by atoms with van der Waals surface area (Å²) in [5.41, 5.74) is 0.0556. The molecule has 1 aliphatic heterocycles. The lowest BCUT2D eigenvalue weighted by Crippen LogP contribution is -2.15. The molecular formula is C8H8F3IN2O. The fourth-order valence-corrected chi connectivity index (χ4v) is 2.18. The summed E-state index contributed by atoms with van der Waals surface area (Å²) in [7, 11) is 0. The zero-order valence-corrected chi connectivity index (χ0v) is 9.80. The average molecular weight is 332 g/mol. The van der Waals surface area contributed by atoms with Crippen LogP contribution in [0.25, 0.3) is 0 Å². The van der Waals surface area contributed by atoms with Gasteiger partial charge in [0.2, 0.25) is 5.88 Å². The number of fused-ring (bicyclic) bond motifs is 1. The molecular weight excluding hydrogens is 324 g/mol. The van der Waals surface area contributed by atoms with E-state index in [1.54, 1.807) is 0 Å². The third kappa shape index (κ3) is 2.37. The van der Waals surface area contributed by atoms with Gasteiger partial charge >= 0.3 is 6.18 Å². The highest BCUT2D eigenvalue weighted by molar-refractivity contribution is 14.1. The molecule has 7 heteroatoms. The Morgan fingerprint density at radius 1 is 1.47 bits per heavy atom. The van der Waals surface area contributed by atoms with Crippen LogP contribution in [0.15, 0.2) is 0 Å². The van der Waals surface area contributed by atoms with E-state index in [2.05, 4.69) is 5.10 Å². The van der Waals surface area contributed by atoms with Crippen molar-refractivity contribution in [1.82, 2.24) is 9.78 Å². The van der Waals surface area contributed by atoms with Gasteiger partial charge in [0, 0.05) is 13.0 Å². The highest BCUT2D eigenvalue weighted by Crippen LogP contribution is 2.31. The molecule has 0 aromatic carbocycles. The maximum absolute atomic E-state index is 12.2. The number of ether oxygens (including phenoxy) is 1. The molecule has 0 saturated carbocycles. The summed E-state index contributed by atoms with van der Waals surface area (Å²) in [6.07, 6.45) is -4.42. The minimum absolute atomic E-state index is 0.0556. The van der Waals surface area contributed by atoms with E-state index in [1.807, 2.05) is 22.6 Å². The number of aromatic nitrogens is 2. The Bertz CT molecular complexity index is 375. The first-order valence-corrected chi connectivity index (χ1v) is 5.50. The maximum Gasteiger partial charge on any atom is 0.394 e. The normalized spacial score (nSPS) is 16.0. The van der Waals surface area contributed by atoms with Crippen LogP contribution in [0.5, 0.6) is 5.88 Å². The Balaban J connectivity index is 2.29. The molecule has 0 saturated heterocycles. The molecule has 15 heavy (non-hydrogen) atoms. The SMILES string of the molecule is FC(F)(F)Cc1nn2c(c1I)OCCC2. The number of aryl methyl sites for hydroxylation is 1. The van der Waals surface area contributed by atoms with Crippen molar-refractivity contribution >= 4 is 22.6 Å². The summed E-state index contributed by atoms with van der Waals surface area (Å²) in [5, 5.41) is 3.90. The highest BCUT2D eigenvalue weighted by Gasteiger charge is 2.32. The molecule has 1 aromatic heterocycles. The third-order valence-electron chi connectivity index (χ3n) is 2.04. The fraction of sp³-hybridized carbons (Fsp3) is 0.625. The number of halogens is 4. The van der Waals surface area contributed by atoms with Crippen LogP contribution in [0.1, 0.15) is 12.1 Å². The lowest BCUT2D eigenvalue weighted by atomic mass is 10.3. The Labute approximate surface area is 97.7 Å². The molecule has 0 radical (unpaired) electrons. The molecule has 1 aliphatic rings. The van der Waals surface area contributed by atoms with Gasteiger partial charge in [-0.05, 0) is 22.6 Å². The van der Waals surface area contributed by atoms with E-state index in [0.29, 0.717) is 22.6 Å². The summed E-state index contributed by atoms with van der Waals surface area (Å²) < 4.78 is 43.8. The van der Waals surface area contributed by atoms with Crippen LogP contribution in [0.4, 0.5) is 13.2 Å². The first-order chi connectivity index (χ1) is 6.97. The zero-order chi connectivity index (χ0) is 11.1. The van der Waals surface area contributed by atoms with Crippen molar-refractivity contribution in [2.75, 3.05) is 6.61 Å². The Hall–Kier alpha value is -0.470. The molecule has 2 heterocycles. The second kappa shape index (κ2) is 3.84. The molecule has 0 unspecified atom stereocenters. The van der Waals surface area contributed by atoms with Crippen molar-refractivity contribution in [2.24, 2.45) is 0 Å². The van der Waals surface area contributed by atoms with Gasteiger partial charge in [0.15, 0.2) is 0 Å². The summed E-state index contributed by atoms with van der Waals surface area (Å²) in [6, 6.07) is 0. The van der Waals surface area contributed by atoms with Crippen molar-refractivity contribution in [2.45, 2.75) is 25.6 Å². The predicted molar refractivity (Wildman–Crippen MR) is 54.8 cm³/mol. The first-order valence-electron chi connectivity index (χ1n) is 4.42. The molecule has 84 valence electrons. The number of nitrogens with zero attached hydrogens (tertiary/aromatic N) is 2. The Morgan fingerprint density at radius 3 is 2.80 bits per heavy atom.